The van der Waals surface area contributed by atoms with Crippen molar-refractivity contribution in [2.75, 3.05) is 13.7 Å². The SMILES string of the molecule is CCCCCCCCCCCCCCC1OC(=O)O[C@H]1[C@H](CC[C@]1(OC)OC(COC(=O)c2ccccc2)[C@@H](O[SiH](C(C)C)C(C)C)[C@@H](OCc2ccccc2)C1OCc1ccccc1)N(Cc1ccccc1)C(=O)OCc1ccccc1. The minimum atomic E-state index is -2.09. The molecule has 1 amide bonds. The third-order valence-corrected chi connectivity index (χ3v) is 19.3. The van der Waals surface area contributed by atoms with Gasteiger partial charge in [0.05, 0.1) is 24.8 Å². The topological polar surface area (TPSA) is 138 Å². The van der Waals surface area contributed by atoms with Gasteiger partial charge in [-0.05, 0) is 64.7 Å². The molecular formula is C69H93NO12Si. The maximum atomic E-state index is 15.1. The molecule has 0 aliphatic carbocycles. The van der Waals surface area contributed by atoms with Crippen molar-refractivity contribution >= 4 is 27.3 Å². The maximum absolute atomic E-state index is 15.1. The number of carbonyl (C=O) groups excluding carboxylic acids is 3. The van der Waals surface area contributed by atoms with Crippen LogP contribution in [0.25, 0.3) is 0 Å². The molecule has 14 heteroatoms. The Balaban J connectivity index is 1.27. The molecule has 5 aromatic rings. The first-order valence-corrected chi connectivity index (χ1v) is 32.6. The highest BCUT2D eigenvalue weighted by atomic mass is 28.3. The third-order valence-electron chi connectivity index (χ3n) is 16.1. The normalized spacial score (nSPS) is 21.0. The largest absolute Gasteiger partial charge is 0.509 e. The predicted octanol–water partition coefficient (Wildman–Crippen LogP) is 15.7. The zero-order chi connectivity index (χ0) is 58.7. The summed E-state index contributed by atoms with van der Waals surface area (Å²) in [6, 6.07) is 47.2. The number of amides is 1. The van der Waals surface area contributed by atoms with Crippen molar-refractivity contribution in [3.8, 4) is 0 Å². The van der Waals surface area contributed by atoms with Crippen molar-refractivity contribution in [1.29, 1.82) is 0 Å². The van der Waals surface area contributed by atoms with E-state index in [2.05, 4.69) is 34.6 Å². The number of nitrogens with zero attached hydrogens (tertiary/aromatic N) is 1. The number of esters is 1. The number of rotatable bonds is 36. The van der Waals surface area contributed by atoms with Gasteiger partial charge in [-0.25, -0.2) is 14.4 Å². The fraction of sp³-hybridized carbons (Fsp3) is 0.522. The molecule has 0 saturated carbocycles. The lowest BCUT2D eigenvalue weighted by atomic mass is 9.86. The van der Waals surface area contributed by atoms with Gasteiger partial charge in [0.1, 0.15) is 43.7 Å². The first-order chi connectivity index (χ1) is 40.5. The highest BCUT2D eigenvalue weighted by molar-refractivity contribution is 6.55. The zero-order valence-corrected chi connectivity index (χ0v) is 51.4. The monoisotopic (exact) mass is 1160 g/mol. The van der Waals surface area contributed by atoms with Crippen molar-refractivity contribution in [2.24, 2.45) is 0 Å². The van der Waals surface area contributed by atoms with Gasteiger partial charge in [-0.2, -0.15) is 0 Å². The standard InChI is InChI=1S/C69H93NO12Si/c1-7-8-9-10-11-12-13-14-15-16-17-33-44-60-62(80-68(73)79-60)59(70(47-54-34-23-18-24-35-54)67(72)78-50-57-40-29-21-30-41-57)45-46-69(74-6)65(76-49-56-38-27-20-28-39-56)64(75-48-55-36-25-19-26-37-55)63(82-83(52(2)3)53(4)5)61(81-69)51-77-66(71)58-42-31-22-32-43-58/h18-32,34-43,52-53,59-65,83H,7-17,33,44-51H2,1-6H3/t59-,60?,61?,62-,63+,64+,65?,69-/m0/s1. The van der Waals surface area contributed by atoms with E-state index >= 15 is 4.79 Å². The van der Waals surface area contributed by atoms with E-state index in [0.29, 0.717) is 12.0 Å². The highest BCUT2D eigenvalue weighted by Crippen LogP contribution is 2.43. The van der Waals surface area contributed by atoms with Gasteiger partial charge in [0.2, 0.25) is 0 Å². The summed E-state index contributed by atoms with van der Waals surface area (Å²) >= 11 is 0. The number of methoxy groups -OCH3 is 1. The number of unbranched alkanes of at least 4 members (excludes halogenated alkanes) is 11. The van der Waals surface area contributed by atoms with Gasteiger partial charge in [-0.15, -0.1) is 0 Å². The van der Waals surface area contributed by atoms with Crippen LogP contribution in [0.4, 0.5) is 9.59 Å². The van der Waals surface area contributed by atoms with Gasteiger partial charge in [-0.3, -0.25) is 4.90 Å². The van der Waals surface area contributed by atoms with Gasteiger partial charge in [0, 0.05) is 20.1 Å². The summed E-state index contributed by atoms with van der Waals surface area (Å²) < 4.78 is 60.9. The van der Waals surface area contributed by atoms with Gasteiger partial charge >= 0.3 is 18.2 Å². The maximum Gasteiger partial charge on any atom is 0.509 e. The minimum Gasteiger partial charge on any atom is -0.459 e. The highest BCUT2D eigenvalue weighted by Gasteiger charge is 2.59. The quantitative estimate of drug-likeness (QED) is 0.0163. The fourth-order valence-corrected chi connectivity index (χ4v) is 14.5. The molecule has 2 fully saturated rings. The Morgan fingerprint density at radius 1 is 0.578 bits per heavy atom. The van der Waals surface area contributed by atoms with Gasteiger partial charge in [0.25, 0.3) is 0 Å². The van der Waals surface area contributed by atoms with E-state index in [4.69, 9.17) is 42.3 Å². The molecule has 2 saturated heterocycles. The summed E-state index contributed by atoms with van der Waals surface area (Å²) in [6.45, 7) is 11.3. The molecular weight excluding hydrogens is 1060 g/mol. The number of hydrogen-bond donors (Lipinski definition) is 0. The summed E-state index contributed by atoms with van der Waals surface area (Å²) in [7, 11) is -0.507. The number of ether oxygens (including phenoxy) is 8. The second-order valence-electron chi connectivity index (χ2n) is 23.1. The Labute approximate surface area is 496 Å². The molecule has 0 spiro atoms. The second-order valence-corrected chi connectivity index (χ2v) is 27.0. The lowest BCUT2D eigenvalue weighted by molar-refractivity contribution is -0.372. The average molecular weight is 1160 g/mol. The van der Waals surface area contributed by atoms with Gasteiger partial charge < -0.3 is 42.3 Å². The third kappa shape index (κ3) is 20.1. The van der Waals surface area contributed by atoms with Crippen LogP contribution in [0.15, 0.2) is 152 Å². The van der Waals surface area contributed by atoms with Crippen molar-refractivity contribution in [2.45, 2.75) is 217 Å². The first-order valence-electron chi connectivity index (χ1n) is 30.8. The Hall–Kier alpha value is -5.87. The summed E-state index contributed by atoms with van der Waals surface area (Å²) in [4.78, 5) is 44.4. The predicted molar refractivity (Wildman–Crippen MR) is 326 cm³/mol. The second kappa shape index (κ2) is 34.8. The van der Waals surface area contributed by atoms with E-state index in [1.165, 1.54) is 51.4 Å². The number of benzene rings is 5. The molecule has 2 heterocycles. The Morgan fingerprint density at radius 2 is 1.07 bits per heavy atom. The van der Waals surface area contributed by atoms with E-state index in [1.807, 2.05) is 127 Å². The van der Waals surface area contributed by atoms with Crippen LogP contribution >= 0.6 is 0 Å². The summed E-state index contributed by atoms with van der Waals surface area (Å²) in [5.74, 6) is -2.18. The lowest BCUT2D eigenvalue weighted by Crippen LogP contribution is -2.69. The Morgan fingerprint density at radius 3 is 1.60 bits per heavy atom. The molecule has 0 aromatic heterocycles. The van der Waals surface area contributed by atoms with Crippen LogP contribution in [0.5, 0.6) is 0 Å². The van der Waals surface area contributed by atoms with Crippen molar-refractivity contribution < 1.29 is 56.7 Å². The Kier molecular flexibility index (Phi) is 27.1. The molecule has 450 valence electrons. The van der Waals surface area contributed by atoms with E-state index in [1.54, 1.807) is 36.3 Å². The summed E-state index contributed by atoms with van der Waals surface area (Å²) in [5.41, 5.74) is 4.34. The van der Waals surface area contributed by atoms with Crippen molar-refractivity contribution in [1.82, 2.24) is 4.90 Å². The number of cyclic esters (lactones) is 2. The number of hydrogen-bond acceptors (Lipinski definition) is 12. The van der Waals surface area contributed by atoms with E-state index < -0.39 is 75.7 Å². The molecule has 2 aliphatic heterocycles. The van der Waals surface area contributed by atoms with Crippen LogP contribution in [-0.4, -0.2) is 94.3 Å². The van der Waals surface area contributed by atoms with Crippen LogP contribution in [-0.2, 0) is 68.7 Å². The average Bonchev–Trinajstić information content (AvgIpc) is 3.95. The van der Waals surface area contributed by atoms with Crippen molar-refractivity contribution in [3.05, 3.63) is 179 Å². The van der Waals surface area contributed by atoms with Crippen molar-refractivity contribution in [3.63, 3.8) is 0 Å². The molecule has 3 unspecified atom stereocenters. The van der Waals surface area contributed by atoms with Crippen LogP contribution in [0.2, 0.25) is 11.1 Å². The molecule has 7 rings (SSSR count). The van der Waals surface area contributed by atoms with Crippen LogP contribution in [0.1, 0.15) is 164 Å². The first kappa shape index (κ1) is 64.7. The van der Waals surface area contributed by atoms with Gasteiger partial charge in [-0.1, -0.05) is 245 Å². The molecule has 0 radical (unpaired) electrons. The van der Waals surface area contributed by atoms with Crippen LogP contribution < -0.4 is 0 Å². The molecule has 5 aromatic carbocycles. The molecule has 0 bridgehead atoms. The van der Waals surface area contributed by atoms with Crippen LogP contribution in [0.3, 0.4) is 0 Å². The molecule has 2 aliphatic rings. The van der Waals surface area contributed by atoms with E-state index in [-0.39, 0.29) is 56.9 Å². The summed E-state index contributed by atoms with van der Waals surface area (Å²) in [5, 5.41) is 0. The summed E-state index contributed by atoms with van der Waals surface area (Å²) in [6.07, 6.45) is 8.47. The Bertz CT molecular complexity index is 2590. The minimum absolute atomic E-state index is 0.0176. The molecule has 0 N–H and O–H groups in total. The molecule has 8 atom stereocenters. The van der Waals surface area contributed by atoms with Gasteiger partial charge in [0.15, 0.2) is 20.9 Å². The molecule has 83 heavy (non-hydrogen) atoms. The smallest absolute Gasteiger partial charge is 0.459 e. The zero-order valence-electron chi connectivity index (χ0n) is 50.2. The van der Waals surface area contributed by atoms with E-state index in [0.717, 1.165) is 47.9 Å². The van der Waals surface area contributed by atoms with E-state index in [9.17, 15) is 9.59 Å². The lowest BCUT2D eigenvalue weighted by Gasteiger charge is -2.53. The molecule has 13 nitrogen and oxygen atoms in total. The fourth-order valence-electron chi connectivity index (χ4n) is 11.7. The number of carbonyl (C=O) groups is 3. The van der Waals surface area contributed by atoms with Crippen LogP contribution in [0, 0.1) is 0 Å².